The minimum Gasteiger partial charge on any atom is -0.493 e. The summed E-state index contributed by atoms with van der Waals surface area (Å²) < 4.78 is 17.2. The Morgan fingerprint density at radius 3 is 2.26 bits per heavy atom. The van der Waals surface area contributed by atoms with Gasteiger partial charge in [0, 0.05) is 12.5 Å². The lowest BCUT2D eigenvalue weighted by Crippen LogP contribution is -2.45. The van der Waals surface area contributed by atoms with Crippen LogP contribution in [0.3, 0.4) is 0 Å². The molecule has 0 bridgehead atoms. The standard InChI is InChI=1S/C26H35NO4/c1-6-18-9-11-21(12-10-18)31-17-23-22-16-25(30-5)24(29-4)15-20(22)13-14-27(23)26(28)19(7-2)8-3/h9-12,15-16,19,23H,6-8,13-14,17H2,1-5H3. The molecule has 31 heavy (non-hydrogen) atoms. The molecule has 0 radical (unpaired) electrons. The zero-order valence-corrected chi connectivity index (χ0v) is 19.4. The zero-order chi connectivity index (χ0) is 22.4. The lowest BCUT2D eigenvalue weighted by molar-refractivity contribution is -0.139. The van der Waals surface area contributed by atoms with Crippen molar-refractivity contribution < 1.29 is 19.0 Å². The molecule has 5 heteroatoms. The van der Waals surface area contributed by atoms with Crippen LogP contribution < -0.4 is 14.2 Å². The number of ether oxygens (including phenoxy) is 3. The van der Waals surface area contributed by atoms with Gasteiger partial charge in [-0.05, 0) is 66.6 Å². The predicted molar refractivity (Wildman–Crippen MR) is 123 cm³/mol. The molecular formula is C26H35NO4. The van der Waals surface area contributed by atoms with Crippen molar-refractivity contribution in [3.8, 4) is 17.2 Å². The summed E-state index contributed by atoms with van der Waals surface area (Å²) in [5.41, 5.74) is 3.53. The molecule has 3 rings (SSSR count). The number of methoxy groups -OCH3 is 2. The number of hydrogen-bond acceptors (Lipinski definition) is 4. The maximum atomic E-state index is 13.4. The van der Waals surface area contributed by atoms with Crippen LogP contribution in [0.25, 0.3) is 0 Å². The normalized spacial score (nSPS) is 15.5. The van der Waals surface area contributed by atoms with Crippen molar-refractivity contribution >= 4 is 5.91 Å². The molecular weight excluding hydrogens is 390 g/mol. The summed E-state index contributed by atoms with van der Waals surface area (Å²) in [5, 5.41) is 0. The second-order valence-corrected chi connectivity index (χ2v) is 8.03. The van der Waals surface area contributed by atoms with E-state index in [9.17, 15) is 4.79 Å². The first-order valence-electron chi connectivity index (χ1n) is 11.3. The fraction of sp³-hybridized carbons (Fsp3) is 0.500. The van der Waals surface area contributed by atoms with Gasteiger partial charge in [0.15, 0.2) is 11.5 Å². The Hall–Kier alpha value is -2.69. The molecule has 2 aromatic rings. The molecule has 0 fully saturated rings. The summed E-state index contributed by atoms with van der Waals surface area (Å²) in [6.07, 6.45) is 3.48. The van der Waals surface area contributed by atoms with Gasteiger partial charge in [0.25, 0.3) is 0 Å². The van der Waals surface area contributed by atoms with Crippen molar-refractivity contribution in [2.24, 2.45) is 5.92 Å². The second kappa shape index (κ2) is 10.6. The Bertz CT molecular complexity index is 874. The van der Waals surface area contributed by atoms with Crippen LogP contribution in [0.15, 0.2) is 36.4 Å². The lowest BCUT2D eigenvalue weighted by Gasteiger charge is -2.39. The maximum Gasteiger partial charge on any atom is 0.226 e. The molecule has 0 saturated carbocycles. The van der Waals surface area contributed by atoms with Crippen LogP contribution in [0, 0.1) is 5.92 Å². The molecule has 0 aromatic heterocycles. The van der Waals surface area contributed by atoms with E-state index in [0.717, 1.165) is 42.7 Å². The lowest BCUT2D eigenvalue weighted by atomic mass is 9.90. The molecule has 1 atom stereocenters. The SMILES string of the molecule is CCc1ccc(OCC2c3cc(OC)c(OC)cc3CCN2C(=O)C(CC)CC)cc1. The number of hydrogen-bond donors (Lipinski definition) is 0. The third-order valence-electron chi connectivity index (χ3n) is 6.36. The van der Waals surface area contributed by atoms with Gasteiger partial charge in [0.1, 0.15) is 12.4 Å². The van der Waals surface area contributed by atoms with Crippen LogP contribution in [-0.4, -0.2) is 38.2 Å². The van der Waals surface area contributed by atoms with Gasteiger partial charge in [-0.1, -0.05) is 32.9 Å². The highest BCUT2D eigenvalue weighted by atomic mass is 16.5. The number of carbonyl (C=O) groups is 1. The molecule has 0 spiro atoms. The van der Waals surface area contributed by atoms with Gasteiger partial charge in [0.05, 0.1) is 20.3 Å². The van der Waals surface area contributed by atoms with Crippen LogP contribution in [0.2, 0.25) is 0 Å². The Labute approximate surface area is 186 Å². The number of amides is 1. The fourth-order valence-corrected chi connectivity index (χ4v) is 4.34. The van der Waals surface area contributed by atoms with Crippen LogP contribution in [0.4, 0.5) is 0 Å². The predicted octanol–water partition coefficient (Wildman–Crippen LogP) is 5.21. The van der Waals surface area contributed by atoms with Gasteiger partial charge in [-0.25, -0.2) is 0 Å². The third kappa shape index (κ3) is 4.97. The molecule has 1 unspecified atom stereocenters. The van der Waals surface area contributed by atoms with Gasteiger partial charge < -0.3 is 19.1 Å². The quantitative estimate of drug-likeness (QED) is 0.554. The summed E-state index contributed by atoms with van der Waals surface area (Å²) in [7, 11) is 3.29. The average Bonchev–Trinajstić information content (AvgIpc) is 2.82. The van der Waals surface area contributed by atoms with Crippen molar-refractivity contribution in [3.05, 3.63) is 53.1 Å². The molecule has 0 N–H and O–H groups in total. The Morgan fingerprint density at radius 1 is 1.03 bits per heavy atom. The maximum absolute atomic E-state index is 13.4. The first-order valence-corrected chi connectivity index (χ1v) is 11.3. The van der Waals surface area contributed by atoms with E-state index in [1.807, 2.05) is 29.2 Å². The highest BCUT2D eigenvalue weighted by Gasteiger charge is 2.34. The number of benzene rings is 2. The largest absolute Gasteiger partial charge is 0.493 e. The van der Waals surface area contributed by atoms with Crippen molar-refractivity contribution in [2.75, 3.05) is 27.4 Å². The third-order valence-corrected chi connectivity index (χ3v) is 6.36. The highest BCUT2D eigenvalue weighted by molar-refractivity contribution is 5.79. The van der Waals surface area contributed by atoms with Crippen LogP contribution in [-0.2, 0) is 17.6 Å². The van der Waals surface area contributed by atoms with E-state index in [-0.39, 0.29) is 17.9 Å². The van der Waals surface area contributed by atoms with Crippen LogP contribution in [0.5, 0.6) is 17.2 Å². The van der Waals surface area contributed by atoms with E-state index in [1.54, 1.807) is 14.2 Å². The van der Waals surface area contributed by atoms with Crippen molar-refractivity contribution in [1.82, 2.24) is 4.90 Å². The number of aryl methyl sites for hydroxylation is 1. The molecule has 0 aliphatic carbocycles. The van der Waals surface area contributed by atoms with Crippen molar-refractivity contribution in [1.29, 1.82) is 0 Å². The van der Waals surface area contributed by atoms with Gasteiger partial charge in [-0.3, -0.25) is 4.79 Å². The van der Waals surface area contributed by atoms with Crippen molar-refractivity contribution in [3.63, 3.8) is 0 Å². The molecule has 168 valence electrons. The van der Waals surface area contributed by atoms with E-state index in [2.05, 4.69) is 32.9 Å². The minimum atomic E-state index is -0.164. The number of fused-ring (bicyclic) bond motifs is 1. The van der Waals surface area contributed by atoms with E-state index >= 15 is 0 Å². The molecule has 2 aromatic carbocycles. The first-order chi connectivity index (χ1) is 15.1. The Morgan fingerprint density at radius 2 is 1.68 bits per heavy atom. The van der Waals surface area contributed by atoms with Gasteiger partial charge in [-0.15, -0.1) is 0 Å². The number of rotatable bonds is 9. The molecule has 1 aliphatic rings. The number of nitrogens with zero attached hydrogens (tertiary/aromatic N) is 1. The van der Waals surface area contributed by atoms with Gasteiger partial charge in [-0.2, -0.15) is 0 Å². The fourth-order valence-electron chi connectivity index (χ4n) is 4.34. The molecule has 5 nitrogen and oxygen atoms in total. The second-order valence-electron chi connectivity index (χ2n) is 8.03. The average molecular weight is 426 g/mol. The minimum absolute atomic E-state index is 0.0352. The molecule has 0 saturated heterocycles. The van der Waals surface area contributed by atoms with Crippen molar-refractivity contribution in [2.45, 2.75) is 52.5 Å². The summed E-state index contributed by atoms with van der Waals surface area (Å²) >= 11 is 0. The van der Waals surface area contributed by atoms with Gasteiger partial charge in [0.2, 0.25) is 5.91 Å². The summed E-state index contributed by atoms with van der Waals surface area (Å²) in [6, 6.07) is 12.1. The first kappa shape index (κ1) is 23.0. The summed E-state index contributed by atoms with van der Waals surface area (Å²) in [6.45, 7) is 7.38. The summed E-state index contributed by atoms with van der Waals surface area (Å²) in [5.74, 6) is 2.46. The van der Waals surface area contributed by atoms with Crippen LogP contribution >= 0.6 is 0 Å². The van der Waals surface area contributed by atoms with Crippen LogP contribution in [0.1, 0.15) is 56.3 Å². The van der Waals surface area contributed by atoms with E-state index in [0.29, 0.717) is 18.9 Å². The Balaban J connectivity index is 1.94. The van der Waals surface area contributed by atoms with E-state index in [4.69, 9.17) is 14.2 Å². The zero-order valence-electron chi connectivity index (χ0n) is 19.4. The number of carbonyl (C=O) groups excluding carboxylic acids is 1. The highest BCUT2D eigenvalue weighted by Crippen LogP contribution is 2.39. The summed E-state index contributed by atoms with van der Waals surface area (Å²) in [4.78, 5) is 15.4. The topological polar surface area (TPSA) is 48.0 Å². The molecule has 1 aliphatic heterocycles. The molecule has 1 amide bonds. The smallest absolute Gasteiger partial charge is 0.226 e. The molecule has 1 heterocycles. The van der Waals surface area contributed by atoms with E-state index < -0.39 is 0 Å². The van der Waals surface area contributed by atoms with E-state index in [1.165, 1.54) is 11.1 Å². The van der Waals surface area contributed by atoms with Gasteiger partial charge >= 0.3 is 0 Å². The monoisotopic (exact) mass is 425 g/mol. The Kier molecular flexibility index (Phi) is 7.83.